The summed E-state index contributed by atoms with van der Waals surface area (Å²) >= 11 is 0. The normalized spacial score (nSPS) is 12.6. The zero-order chi connectivity index (χ0) is 22.8. The van der Waals surface area contributed by atoms with Gasteiger partial charge >= 0.3 is 5.97 Å². The van der Waals surface area contributed by atoms with E-state index in [-0.39, 0.29) is 5.91 Å². The number of hydrogen-bond donors (Lipinski definition) is 0. The van der Waals surface area contributed by atoms with E-state index in [4.69, 9.17) is 18.9 Å². The van der Waals surface area contributed by atoms with Gasteiger partial charge in [0.1, 0.15) is 23.0 Å². The number of rotatable bonds is 7. The quantitative estimate of drug-likeness (QED) is 0.395. The average Bonchev–Trinajstić information content (AvgIpc) is 3.13. The van der Waals surface area contributed by atoms with Gasteiger partial charge < -0.3 is 23.8 Å². The molecule has 0 N–H and O–H groups in total. The van der Waals surface area contributed by atoms with Crippen LogP contribution in [0.1, 0.15) is 36.7 Å². The van der Waals surface area contributed by atoms with Crippen molar-refractivity contribution in [1.82, 2.24) is 0 Å². The molecular formula is C25H25NO6. The number of benzene rings is 3. The van der Waals surface area contributed by atoms with Crippen molar-refractivity contribution in [2.24, 2.45) is 0 Å². The molecule has 3 aromatic rings. The van der Waals surface area contributed by atoms with E-state index in [1.54, 1.807) is 36.3 Å². The smallest absolute Gasteiger partial charge is 0.308 e. The molecule has 0 unspecified atom stereocenters. The van der Waals surface area contributed by atoms with E-state index >= 15 is 0 Å². The van der Waals surface area contributed by atoms with Crippen LogP contribution in [0.3, 0.4) is 0 Å². The molecule has 7 heteroatoms. The summed E-state index contributed by atoms with van der Waals surface area (Å²) in [6.45, 7) is 6.37. The highest BCUT2D eigenvalue weighted by Gasteiger charge is 2.36. The maximum absolute atomic E-state index is 13.6. The van der Waals surface area contributed by atoms with Crippen molar-refractivity contribution in [2.75, 3.05) is 25.2 Å². The average molecular weight is 435 g/mol. The minimum Gasteiger partial charge on any atom is -0.497 e. The number of nitrogens with zero attached hydrogens (tertiary/aromatic N) is 1. The second-order valence-corrected chi connectivity index (χ2v) is 7.27. The Morgan fingerprint density at radius 1 is 0.938 bits per heavy atom. The van der Waals surface area contributed by atoms with Gasteiger partial charge in [-0.1, -0.05) is 0 Å². The number of carbonyl (C=O) groups is 2. The summed E-state index contributed by atoms with van der Waals surface area (Å²) in [6.07, 6.45) is 0. The van der Waals surface area contributed by atoms with Crippen LogP contribution in [-0.4, -0.2) is 32.2 Å². The second kappa shape index (κ2) is 8.78. The number of ether oxygens (including phenoxy) is 4. The van der Waals surface area contributed by atoms with Crippen molar-refractivity contribution in [3.8, 4) is 23.0 Å². The largest absolute Gasteiger partial charge is 0.497 e. The highest BCUT2D eigenvalue weighted by molar-refractivity contribution is 6.17. The molecule has 1 aliphatic heterocycles. The van der Waals surface area contributed by atoms with E-state index in [2.05, 4.69) is 0 Å². The fourth-order valence-electron chi connectivity index (χ4n) is 4.00. The molecule has 1 aliphatic rings. The third-order valence-corrected chi connectivity index (χ3v) is 5.28. The lowest BCUT2D eigenvalue weighted by Crippen LogP contribution is -2.23. The van der Waals surface area contributed by atoms with E-state index < -0.39 is 5.97 Å². The number of esters is 1. The highest BCUT2D eigenvalue weighted by Crippen LogP contribution is 2.47. The predicted molar refractivity (Wildman–Crippen MR) is 121 cm³/mol. The van der Waals surface area contributed by atoms with Gasteiger partial charge in [0.25, 0.3) is 5.91 Å². The molecule has 0 saturated heterocycles. The molecule has 1 amide bonds. The molecule has 166 valence electrons. The molecular weight excluding hydrogens is 410 g/mol. The molecule has 0 aromatic heterocycles. The Morgan fingerprint density at radius 3 is 2.22 bits per heavy atom. The summed E-state index contributed by atoms with van der Waals surface area (Å²) in [5, 5.41) is 1.64. The first-order chi connectivity index (χ1) is 15.5. The van der Waals surface area contributed by atoms with Crippen molar-refractivity contribution in [3.05, 3.63) is 53.6 Å². The molecule has 0 fully saturated rings. The summed E-state index contributed by atoms with van der Waals surface area (Å²) < 4.78 is 22.5. The summed E-state index contributed by atoms with van der Waals surface area (Å²) in [5.41, 5.74) is 1.98. The first-order valence-corrected chi connectivity index (χ1v) is 10.5. The number of anilines is 1. The maximum Gasteiger partial charge on any atom is 0.308 e. The van der Waals surface area contributed by atoms with Crippen LogP contribution in [0.15, 0.2) is 42.5 Å². The Morgan fingerprint density at radius 2 is 1.59 bits per heavy atom. The number of fused-ring (bicyclic) bond motifs is 2. The van der Waals surface area contributed by atoms with E-state index in [1.165, 1.54) is 6.92 Å². The van der Waals surface area contributed by atoms with Crippen LogP contribution in [0.4, 0.5) is 5.69 Å². The first-order valence-electron chi connectivity index (χ1n) is 10.5. The third-order valence-electron chi connectivity index (χ3n) is 5.28. The second-order valence-electron chi connectivity index (χ2n) is 7.27. The standard InChI is InChI=1S/C25H25NO6/c1-5-30-23-20-13-18(29-4)11-12-19(20)24(31-6-2)22-21(23)14-26(25(22)28)16-7-9-17(10-8-16)32-15(3)27/h7-13H,5-6,14H2,1-4H3. The SMILES string of the molecule is CCOc1c2c(c(OCC)c3ccc(OC)cc13)C(=O)N(c1ccc(OC(C)=O)cc1)C2. The van der Waals surface area contributed by atoms with Crippen LogP contribution in [0, 0.1) is 0 Å². The Balaban J connectivity index is 1.86. The fraction of sp³-hybridized carbons (Fsp3) is 0.280. The van der Waals surface area contributed by atoms with Gasteiger partial charge in [0.15, 0.2) is 0 Å². The molecule has 0 radical (unpaired) electrons. The van der Waals surface area contributed by atoms with E-state index in [0.29, 0.717) is 54.0 Å². The van der Waals surface area contributed by atoms with Crippen LogP contribution in [0.25, 0.3) is 10.8 Å². The topological polar surface area (TPSA) is 74.3 Å². The van der Waals surface area contributed by atoms with Gasteiger partial charge in [-0.15, -0.1) is 0 Å². The van der Waals surface area contributed by atoms with Gasteiger partial charge in [0.05, 0.1) is 32.4 Å². The van der Waals surface area contributed by atoms with Crippen LogP contribution in [0.2, 0.25) is 0 Å². The molecule has 32 heavy (non-hydrogen) atoms. The van der Waals surface area contributed by atoms with Gasteiger partial charge in [-0.3, -0.25) is 9.59 Å². The van der Waals surface area contributed by atoms with E-state index in [1.807, 2.05) is 32.0 Å². The van der Waals surface area contributed by atoms with Gasteiger partial charge in [0, 0.05) is 28.9 Å². The van der Waals surface area contributed by atoms with Gasteiger partial charge in [-0.2, -0.15) is 0 Å². The Hall–Kier alpha value is -3.74. The van der Waals surface area contributed by atoms with Crippen LogP contribution in [-0.2, 0) is 11.3 Å². The summed E-state index contributed by atoms with van der Waals surface area (Å²) in [4.78, 5) is 26.4. The van der Waals surface area contributed by atoms with Gasteiger partial charge in [-0.05, 0) is 56.3 Å². The lowest BCUT2D eigenvalue weighted by Gasteiger charge is -2.17. The molecule has 0 aliphatic carbocycles. The lowest BCUT2D eigenvalue weighted by atomic mass is 9.99. The van der Waals surface area contributed by atoms with Gasteiger partial charge in [0.2, 0.25) is 0 Å². The van der Waals surface area contributed by atoms with Crippen LogP contribution in [0.5, 0.6) is 23.0 Å². The Kier molecular flexibility index (Phi) is 5.90. The van der Waals surface area contributed by atoms with Crippen molar-refractivity contribution >= 4 is 28.3 Å². The maximum atomic E-state index is 13.6. The van der Waals surface area contributed by atoms with Crippen molar-refractivity contribution in [2.45, 2.75) is 27.3 Å². The van der Waals surface area contributed by atoms with Crippen LogP contribution < -0.4 is 23.8 Å². The monoisotopic (exact) mass is 435 g/mol. The summed E-state index contributed by atoms with van der Waals surface area (Å²) in [6, 6.07) is 12.5. The predicted octanol–water partition coefficient (Wildman–Crippen LogP) is 4.73. The van der Waals surface area contributed by atoms with E-state index in [9.17, 15) is 9.59 Å². The van der Waals surface area contributed by atoms with Crippen molar-refractivity contribution in [3.63, 3.8) is 0 Å². The third kappa shape index (κ3) is 3.70. The summed E-state index contributed by atoms with van der Waals surface area (Å²) in [5.74, 6) is 1.77. The molecule has 0 bridgehead atoms. The van der Waals surface area contributed by atoms with Crippen molar-refractivity contribution < 1.29 is 28.5 Å². The summed E-state index contributed by atoms with van der Waals surface area (Å²) in [7, 11) is 1.61. The zero-order valence-electron chi connectivity index (χ0n) is 18.6. The minimum atomic E-state index is -0.396. The van der Waals surface area contributed by atoms with Crippen LogP contribution >= 0.6 is 0 Å². The number of hydrogen-bond acceptors (Lipinski definition) is 6. The minimum absolute atomic E-state index is 0.164. The first kappa shape index (κ1) is 21.5. The highest BCUT2D eigenvalue weighted by atomic mass is 16.5. The Labute approximate surface area is 186 Å². The molecule has 1 heterocycles. The number of carbonyl (C=O) groups excluding carboxylic acids is 2. The number of amides is 1. The molecule has 0 saturated carbocycles. The van der Waals surface area contributed by atoms with E-state index in [0.717, 1.165) is 16.3 Å². The zero-order valence-corrected chi connectivity index (χ0v) is 18.6. The lowest BCUT2D eigenvalue weighted by molar-refractivity contribution is -0.131. The fourth-order valence-corrected chi connectivity index (χ4v) is 4.00. The molecule has 3 aromatic carbocycles. The van der Waals surface area contributed by atoms with Crippen molar-refractivity contribution in [1.29, 1.82) is 0 Å². The van der Waals surface area contributed by atoms with Gasteiger partial charge in [-0.25, -0.2) is 0 Å². The molecule has 4 rings (SSSR count). The molecule has 0 atom stereocenters. The number of methoxy groups -OCH3 is 1. The molecule has 0 spiro atoms. The Bertz CT molecular complexity index is 1190. The molecule has 7 nitrogen and oxygen atoms in total.